The minimum absolute atomic E-state index is 0.0280. The molecule has 1 saturated heterocycles. The predicted octanol–water partition coefficient (Wildman–Crippen LogP) is 4.63. The average molecular weight is 417 g/mol. The zero-order chi connectivity index (χ0) is 21.4. The summed E-state index contributed by atoms with van der Waals surface area (Å²) in [5.41, 5.74) is 3.04. The van der Waals surface area contributed by atoms with Crippen LogP contribution in [-0.2, 0) is 4.79 Å². The van der Waals surface area contributed by atoms with E-state index in [-0.39, 0.29) is 17.8 Å². The molecule has 5 rings (SSSR count). The van der Waals surface area contributed by atoms with Crippen LogP contribution in [0.5, 0.6) is 11.5 Å². The molecule has 3 heterocycles. The maximum Gasteiger partial charge on any atom is 0.219 e. The van der Waals surface area contributed by atoms with E-state index in [2.05, 4.69) is 19.9 Å². The van der Waals surface area contributed by atoms with Gasteiger partial charge in [0.15, 0.2) is 5.82 Å². The molecular formula is C23H20FN5O2. The number of imidazole rings is 1. The van der Waals surface area contributed by atoms with Crippen LogP contribution in [0.3, 0.4) is 0 Å². The Morgan fingerprint density at radius 1 is 1.23 bits per heavy atom. The van der Waals surface area contributed by atoms with Crippen molar-refractivity contribution in [1.82, 2.24) is 24.8 Å². The summed E-state index contributed by atoms with van der Waals surface area (Å²) in [6.45, 7) is 2.29. The Bertz CT molecular complexity index is 1240. The lowest BCUT2D eigenvalue weighted by atomic mass is 10.0. The van der Waals surface area contributed by atoms with Crippen LogP contribution < -0.4 is 4.74 Å². The molecule has 4 aromatic rings. The molecule has 2 aromatic carbocycles. The summed E-state index contributed by atoms with van der Waals surface area (Å²) in [7, 11) is 0. The number of halogens is 1. The van der Waals surface area contributed by atoms with Gasteiger partial charge in [0.05, 0.1) is 23.3 Å². The van der Waals surface area contributed by atoms with Gasteiger partial charge in [0, 0.05) is 37.5 Å². The smallest absolute Gasteiger partial charge is 0.219 e. The van der Waals surface area contributed by atoms with Crippen molar-refractivity contribution in [2.24, 2.45) is 0 Å². The van der Waals surface area contributed by atoms with Crippen molar-refractivity contribution in [2.45, 2.75) is 25.8 Å². The third kappa shape index (κ3) is 3.72. The molecule has 1 unspecified atom stereocenters. The number of aromatic amines is 1. The van der Waals surface area contributed by atoms with Gasteiger partial charge < -0.3 is 14.6 Å². The second-order valence-corrected chi connectivity index (χ2v) is 7.51. The second kappa shape index (κ2) is 7.79. The Morgan fingerprint density at radius 2 is 2.06 bits per heavy atom. The number of H-pyrrole nitrogens is 1. The minimum Gasteiger partial charge on any atom is -0.457 e. The van der Waals surface area contributed by atoms with Crippen LogP contribution in [0.1, 0.15) is 31.4 Å². The zero-order valence-corrected chi connectivity index (χ0v) is 16.9. The van der Waals surface area contributed by atoms with E-state index in [4.69, 9.17) is 4.74 Å². The van der Waals surface area contributed by atoms with Gasteiger partial charge in [-0.05, 0) is 43.2 Å². The highest BCUT2D eigenvalue weighted by molar-refractivity contribution is 5.82. The van der Waals surface area contributed by atoms with Crippen LogP contribution in [0.15, 0.2) is 55.0 Å². The molecule has 1 N–H and O–H groups in total. The first-order chi connectivity index (χ1) is 15.1. The molecule has 0 bridgehead atoms. The Hall–Kier alpha value is -3.81. The van der Waals surface area contributed by atoms with E-state index in [1.54, 1.807) is 37.6 Å². The first-order valence-electron chi connectivity index (χ1n) is 10.1. The van der Waals surface area contributed by atoms with Crippen LogP contribution in [0.2, 0.25) is 0 Å². The van der Waals surface area contributed by atoms with Gasteiger partial charge in [0.25, 0.3) is 0 Å². The van der Waals surface area contributed by atoms with Gasteiger partial charge >= 0.3 is 0 Å². The van der Waals surface area contributed by atoms with Gasteiger partial charge in [-0.15, -0.1) is 0 Å². The van der Waals surface area contributed by atoms with Gasteiger partial charge in [-0.25, -0.2) is 14.4 Å². The number of carbonyl (C=O) groups excluding carboxylic acids is 1. The molecule has 2 aromatic heterocycles. The van der Waals surface area contributed by atoms with Crippen molar-refractivity contribution < 1.29 is 13.9 Å². The van der Waals surface area contributed by atoms with E-state index >= 15 is 0 Å². The average Bonchev–Trinajstić information content (AvgIpc) is 3.42. The van der Waals surface area contributed by atoms with Gasteiger partial charge in [-0.3, -0.25) is 9.78 Å². The maximum absolute atomic E-state index is 13.3. The van der Waals surface area contributed by atoms with Gasteiger partial charge in [-0.1, -0.05) is 0 Å². The lowest BCUT2D eigenvalue weighted by molar-refractivity contribution is -0.129. The summed E-state index contributed by atoms with van der Waals surface area (Å²) in [4.78, 5) is 30.4. The molecule has 156 valence electrons. The summed E-state index contributed by atoms with van der Waals surface area (Å²) >= 11 is 0. The quantitative estimate of drug-likeness (QED) is 0.523. The number of benzene rings is 2. The van der Waals surface area contributed by atoms with Crippen molar-refractivity contribution >= 4 is 16.9 Å². The molecule has 8 heteroatoms. The molecule has 1 atom stereocenters. The lowest BCUT2D eigenvalue weighted by Crippen LogP contribution is -2.28. The maximum atomic E-state index is 13.3. The lowest BCUT2D eigenvalue weighted by Gasteiger charge is -2.25. The topological polar surface area (TPSA) is 84.0 Å². The van der Waals surface area contributed by atoms with Gasteiger partial charge in [0.2, 0.25) is 5.91 Å². The summed E-state index contributed by atoms with van der Waals surface area (Å²) in [5.74, 6) is 1.40. The first-order valence-corrected chi connectivity index (χ1v) is 10.1. The number of rotatable bonds is 4. The zero-order valence-electron chi connectivity index (χ0n) is 16.9. The number of ether oxygens (including phenoxy) is 1. The highest BCUT2D eigenvalue weighted by Crippen LogP contribution is 2.40. The molecule has 1 aliphatic heterocycles. The van der Waals surface area contributed by atoms with Gasteiger partial charge in [-0.2, -0.15) is 0 Å². The summed E-state index contributed by atoms with van der Waals surface area (Å²) in [6.07, 6.45) is 6.63. The number of fused-ring (bicyclic) bond motifs is 1. The number of hydrogen-bond donors (Lipinski definition) is 1. The van der Waals surface area contributed by atoms with E-state index in [0.717, 1.165) is 23.9 Å². The molecule has 1 fully saturated rings. The Labute approximate surface area is 177 Å². The standard InChI is InChI=1S/C23H20FN5O2/c1-14(30)29-10-2-3-21(29)17-11-18-19(28-23(27-18)20-13-25-8-9-26-20)12-22(17)31-16-6-4-15(24)5-7-16/h4-9,11-13,21H,2-3,10H2,1H3,(H,27,28). The summed E-state index contributed by atoms with van der Waals surface area (Å²) < 4.78 is 19.5. The van der Waals surface area contributed by atoms with Crippen molar-refractivity contribution in [3.05, 3.63) is 66.4 Å². The number of amides is 1. The molecule has 0 spiro atoms. The Balaban J connectivity index is 1.62. The van der Waals surface area contributed by atoms with Crippen LogP contribution >= 0.6 is 0 Å². The van der Waals surface area contributed by atoms with E-state index in [1.807, 2.05) is 17.0 Å². The number of likely N-dealkylation sites (tertiary alicyclic amines) is 1. The fourth-order valence-corrected chi connectivity index (χ4v) is 4.04. The van der Waals surface area contributed by atoms with E-state index < -0.39 is 0 Å². The monoisotopic (exact) mass is 417 g/mol. The molecule has 7 nitrogen and oxygen atoms in total. The molecular weight excluding hydrogens is 397 g/mol. The third-order valence-electron chi connectivity index (χ3n) is 5.48. The molecule has 1 amide bonds. The first kappa shape index (κ1) is 19.2. The highest BCUT2D eigenvalue weighted by atomic mass is 19.1. The number of nitrogens with one attached hydrogen (secondary N) is 1. The fraction of sp³-hybridized carbons (Fsp3) is 0.217. The highest BCUT2D eigenvalue weighted by Gasteiger charge is 2.31. The Morgan fingerprint density at radius 3 is 2.81 bits per heavy atom. The van der Waals surface area contributed by atoms with Crippen molar-refractivity contribution in [3.8, 4) is 23.0 Å². The summed E-state index contributed by atoms with van der Waals surface area (Å²) in [5, 5.41) is 0. The predicted molar refractivity (Wildman–Crippen MR) is 113 cm³/mol. The Kier molecular flexibility index (Phi) is 4.82. The van der Waals surface area contributed by atoms with Crippen molar-refractivity contribution in [2.75, 3.05) is 6.54 Å². The number of nitrogens with zero attached hydrogens (tertiary/aromatic N) is 4. The molecule has 1 aliphatic rings. The normalized spacial score (nSPS) is 16.1. The minimum atomic E-state index is -0.331. The SMILES string of the molecule is CC(=O)N1CCCC1c1cc2[nH]c(-c3cnccn3)nc2cc1Oc1ccc(F)cc1. The van der Waals surface area contributed by atoms with E-state index in [0.29, 0.717) is 35.1 Å². The number of hydrogen-bond acceptors (Lipinski definition) is 5. The fourth-order valence-electron chi connectivity index (χ4n) is 4.04. The molecule has 0 aliphatic carbocycles. The van der Waals surface area contributed by atoms with Crippen LogP contribution in [-0.4, -0.2) is 37.3 Å². The van der Waals surface area contributed by atoms with E-state index in [9.17, 15) is 9.18 Å². The molecule has 0 saturated carbocycles. The van der Waals surface area contributed by atoms with Crippen LogP contribution in [0.4, 0.5) is 4.39 Å². The molecule has 0 radical (unpaired) electrons. The largest absolute Gasteiger partial charge is 0.457 e. The van der Waals surface area contributed by atoms with Crippen LogP contribution in [0, 0.1) is 5.82 Å². The third-order valence-corrected chi connectivity index (χ3v) is 5.48. The number of carbonyl (C=O) groups is 1. The second-order valence-electron chi connectivity index (χ2n) is 7.51. The summed E-state index contributed by atoms with van der Waals surface area (Å²) in [6, 6.07) is 9.60. The van der Waals surface area contributed by atoms with E-state index in [1.165, 1.54) is 12.1 Å². The molecule has 31 heavy (non-hydrogen) atoms. The van der Waals surface area contributed by atoms with Crippen LogP contribution in [0.25, 0.3) is 22.6 Å². The van der Waals surface area contributed by atoms with Crippen molar-refractivity contribution in [3.63, 3.8) is 0 Å². The van der Waals surface area contributed by atoms with Gasteiger partial charge in [0.1, 0.15) is 23.0 Å². The number of aromatic nitrogens is 4. The van der Waals surface area contributed by atoms with Crippen molar-refractivity contribution in [1.29, 1.82) is 0 Å².